The van der Waals surface area contributed by atoms with E-state index in [4.69, 9.17) is 4.74 Å². The van der Waals surface area contributed by atoms with E-state index in [1.165, 1.54) is 4.88 Å². The van der Waals surface area contributed by atoms with Crippen molar-refractivity contribution in [2.24, 2.45) is 0 Å². The summed E-state index contributed by atoms with van der Waals surface area (Å²) in [6.45, 7) is 2.47. The predicted molar refractivity (Wildman–Crippen MR) is 116 cm³/mol. The van der Waals surface area contributed by atoms with Crippen LogP contribution in [0, 0.1) is 6.92 Å². The Labute approximate surface area is 176 Å². The molecular weight excluding hydrogens is 398 g/mol. The molecule has 0 saturated carbocycles. The quantitative estimate of drug-likeness (QED) is 0.445. The lowest BCUT2D eigenvalue weighted by atomic mass is 10.1. The van der Waals surface area contributed by atoms with Crippen molar-refractivity contribution in [2.75, 3.05) is 7.11 Å². The lowest BCUT2D eigenvalue weighted by Gasteiger charge is -2.10. The van der Waals surface area contributed by atoms with E-state index in [0.717, 1.165) is 12.0 Å². The molecule has 8 heteroatoms. The third-order valence-electron chi connectivity index (χ3n) is 5.11. The molecule has 0 unspecified atom stereocenters. The molecule has 1 aromatic carbocycles. The fourth-order valence-electron chi connectivity index (χ4n) is 3.72. The van der Waals surface area contributed by atoms with Gasteiger partial charge in [0.05, 0.1) is 12.7 Å². The number of fused-ring (bicyclic) bond motifs is 2. The molecule has 0 amide bonds. The van der Waals surface area contributed by atoms with Crippen LogP contribution in [-0.2, 0) is 13.0 Å². The van der Waals surface area contributed by atoms with Crippen molar-refractivity contribution < 1.29 is 9.25 Å². The number of ether oxygens (including phenoxy) is 1. The SMILES string of the molecule is COc1ccccc1-c1c2c(=O)n(CCc3cccs3)ccc2nc2nc(C)[nH][n+]12. The van der Waals surface area contributed by atoms with Gasteiger partial charge in [-0.3, -0.25) is 4.79 Å². The highest BCUT2D eigenvalue weighted by molar-refractivity contribution is 7.09. The number of thiophene rings is 1. The highest BCUT2D eigenvalue weighted by atomic mass is 32.1. The molecular formula is C22H20N5O2S+. The second kappa shape index (κ2) is 7.38. The topological polar surface area (TPSA) is 76.9 Å². The van der Waals surface area contributed by atoms with Crippen molar-refractivity contribution >= 4 is 28.0 Å². The van der Waals surface area contributed by atoms with E-state index in [9.17, 15) is 4.79 Å². The largest absolute Gasteiger partial charge is 0.496 e. The molecule has 0 aliphatic carbocycles. The van der Waals surface area contributed by atoms with Gasteiger partial charge < -0.3 is 9.30 Å². The van der Waals surface area contributed by atoms with E-state index in [-0.39, 0.29) is 5.56 Å². The maximum atomic E-state index is 13.6. The average molecular weight is 419 g/mol. The van der Waals surface area contributed by atoms with Gasteiger partial charge in [0.1, 0.15) is 11.1 Å². The molecule has 0 radical (unpaired) electrons. The van der Waals surface area contributed by atoms with E-state index in [2.05, 4.69) is 26.5 Å². The standard InChI is InChI=1S/C22H19N5O2S/c1-14-23-22-24-17-10-12-26(11-9-15-6-5-13-30-15)21(28)19(17)20(27(22)25-14)16-7-3-4-8-18(16)29-2/h3-8,10,12-13H,9,11H2,1-2H3/p+1. The van der Waals surface area contributed by atoms with Crippen LogP contribution in [0.4, 0.5) is 0 Å². The van der Waals surface area contributed by atoms with E-state index >= 15 is 0 Å². The summed E-state index contributed by atoms with van der Waals surface area (Å²) in [5.41, 5.74) is 2.03. The van der Waals surface area contributed by atoms with Crippen molar-refractivity contribution in [2.45, 2.75) is 19.9 Å². The second-order valence-corrected chi connectivity index (χ2v) is 8.04. The summed E-state index contributed by atoms with van der Waals surface area (Å²) in [5, 5.41) is 5.80. The van der Waals surface area contributed by atoms with Crippen LogP contribution in [0.5, 0.6) is 5.75 Å². The summed E-state index contributed by atoms with van der Waals surface area (Å²) in [4.78, 5) is 23.9. The van der Waals surface area contributed by atoms with Gasteiger partial charge in [-0.05, 0) is 36.1 Å². The van der Waals surface area contributed by atoms with Crippen LogP contribution in [0.25, 0.3) is 27.9 Å². The molecule has 0 saturated heterocycles. The highest BCUT2D eigenvalue weighted by Gasteiger charge is 2.25. The molecule has 1 N–H and O–H groups in total. The summed E-state index contributed by atoms with van der Waals surface area (Å²) in [6, 6.07) is 13.7. The number of pyridine rings is 1. The molecule has 5 rings (SSSR count). The van der Waals surface area contributed by atoms with Crippen molar-refractivity contribution in [3.05, 3.63) is 75.1 Å². The Balaban J connectivity index is 1.79. The van der Waals surface area contributed by atoms with Gasteiger partial charge in [0.2, 0.25) is 5.82 Å². The molecule has 0 aliphatic heterocycles. The third-order valence-corrected chi connectivity index (χ3v) is 6.04. The molecule has 7 nitrogen and oxygen atoms in total. The molecule has 4 heterocycles. The van der Waals surface area contributed by atoms with E-state index < -0.39 is 0 Å². The van der Waals surface area contributed by atoms with Crippen LogP contribution in [0.1, 0.15) is 10.7 Å². The fraction of sp³-hybridized carbons (Fsp3) is 0.182. The first-order valence-corrected chi connectivity index (χ1v) is 10.5. The first-order valence-electron chi connectivity index (χ1n) is 9.63. The minimum Gasteiger partial charge on any atom is -0.496 e. The van der Waals surface area contributed by atoms with Crippen LogP contribution in [0.15, 0.2) is 58.8 Å². The Kier molecular flexibility index (Phi) is 4.55. The van der Waals surface area contributed by atoms with Crippen molar-refractivity contribution in [3.63, 3.8) is 0 Å². The molecule has 30 heavy (non-hydrogen) atoms. The van der Waals surface area contributed by atoms with Gasteiger partial charge in [-0.15, -0.1) is 15.9 Å². The van der Waals surface area contributed by atoms with Crippen LogP contribution in [0.2, 0.25) is 0 Å². The molecule has 0 aliphatic rings. The maximum absolute atomic E-state index is 13.6. The minimum absolute atomic E-state index is 0.0842. The Morgan fingerprint density at radius 3 is 2.83 bits per heavy atom. The number of hydrogen-bond acceptors (Lipinski definition) is 5. The predicted octanol–water partition coefficient (Wildman–Crippen LogP) is 3.15. The Morgan fingerprint density at radius 2 is 2.03 bits per heavy atom. The lowest BCUT2D eigenvalue weighted by molar-refractivity contribution is -0.567. The summed E-state index contributed by atoms with van der Waals surface area (Å²) < 4.78 is 9.11. The zero-order valence-electron chi connectivity index (χ0n) is 16.6. The molecule has 0 spiro atoms. The molecule has 4 aromatic heterocycles. The van der Waals surface area contributed by atoms with Crippen LogP contribution >= 0.6 is 11.3 Å². The lowest BCUT2D eigenvalue weighted by Crippen LogP contribution is -2.32. The number of nitrogens with one attached hydrogen (secondary N) is 1. The molecule has 0 atom stereocenters. The van der Waals surface area contributed by atoms with Crippen LogP contribution in [-0.4, -0.2) is 26.7 Å². The number of H-pyrrole nitrogens is 1. The summed E-state index contributed by atoms with van der Waals surface area (Å²) in [6.07, 6.45) is 2.62. The number of nitrogens with zero attached hydrogens (tertiary/aromatic N) is 4. The maximum Gasteiger partial charge on any atom is 0.458 e. The summed E-state index contributed by atoms with van der Waals surface area (Å²) in [5.74, 6) is 1.91. The number of methoxy groups -OCH3 is 1. The highest BCUT2D eigenvalue weighted by Crippen LogP contribution is 2.30. The van der Waals surface area contributed by atoms with Crippen molar-refractivity contribution in [1.82, 2.24) is 19.6 Å². The van der Waals surface area contributed by atoms with E-state index in [1.54, 1.807) is 27.5 Å². The van der Waals surface area contributed by atoms with Gasteiger partial charge in [0.25, 0.3) is 5.56 Å². The monoisotopic (exact) mass is 418 g/mol. The number of aromatic amines is 1. The molecule has 150 valence electrons. The third kappa shape index (κ3) is 3.05. The minimum atomic E-state index is -0.0842. The zero-order chi connectivity index (χ0) is 20.7. The molecule has 0 fully saturated rings. The molecule has 5 aromatic rings. The van der Waals surface area contributed by atoms with Crippen molar-refractivity contribution in [3.8, 4) is 17.0 Å². The fourth-order valence-corrected chi connectivity index (χ4v) is 4.42. The Bertz CT molecular complexity index is 1420. The van der Waals surface area contributed by atoms with E-state index in [1.807, 2.05) is 49.5 Å². The number of benzene rings is 1. The average Bonchev–Trinajstić information content (AvgIpc) is 3.40. The summed E-state index contributed by atoms with van der Waals surface area (Å²) in [7, 11) is 1.63. The zero-order valence-corrected chi connectivity index (χ0v) is 17.4. The van der Waals surface area contributed by atoms with E-state index in [0.29, 0.717) is 40.5 Å². The van der Waals surface area contributed by atoms with Gasteiger partial charge in [0.15, 0.2) is 11.2 Å². The van der Waals surface area contributed by atoms with Gasteiger partial charge in [-0.1, -0.05) is 28.2 Å². The van der Waals surface area contributed by atoms with Gasteiger partial charge in [0, 0.05) is 24.5 Å². The number of para-hydroxylation sites is 1. The first kappa shape index (κ1) is 18.5. The number of aryl methyl sites for hydroxylation is 3. The Hall–Kier alpha value is -3.52. The van der Waals surface area contributed by atoms with Gasteiger partial charge in [-0.25, -0.2) is 5.10 Å². The van der Waals surface area contributed by atoms with Crippen LogP contribution in [0.3, 0.4) is 0 Å². The smallest absolute Gasteiger partial charge is 0.458 e. The number of hydrogen-bond donors (Lipinski definition) is 1. The van der Waals surface area contributed by atoms with Crippen molar-refractivity contribution in [1.29, 1.82) is 0 Å². The first-order chi connectivity index (χ1) is 14.7. The van der Waals surface area contributed by atoms with Gasteiger partial charge >= 0.3 is 5.78 Å². The second-order valence-electron chi connectivity index (χ2n) is 7.01. The number of rotatable bonds is 5. The number of aromatic nitrogens is 5. The van der Waals surface area contributed by atoms with Gasteiger partial charge in [-0.2, -0.15) is 0 Å². The Morgan fingerprint density at radius 1 is 1.17 bits per heavy atom. The van der Waals surface area contributed by atoms with Crippen LogP contribution < -0.4 is 14.8 Å². The summed E-state index contributed by atoms with van der Waals surface area (Å²) >= 11 is 1.70. The molecule has 0 bridgehead atoms. The normalized spacial score (nSPS) is 11.4.